The van der Waals surface area contributed by atoms with Gasteiger partial charge in [0.05, 0.1) is 8.12 Å². The molecule has 1 unspecified atom stereocenters. The molecule has 1 N–H and O–H groups in total. The summed E-state index contributed by atoms with van der Waals surface area (Å²) in [5.41, 5.74) is 1.66. The van der Waals surface area contributed by atoms with Crippen LogP contribution in [0.5, 0.6) is 0 Å². The van der Waals surface area contributed by atoms with Crippen molar-refractivity contribution in [2.24, 2.45) is 0 Å². The van der Waals surface area contributed by atoms with Crippen molar-refractivity contribution in [3.63, 3.8) is 0 Å². The lowest BCUT2D eigenvalue weighted by Crippen LogP contribution is -1.95. The molecule has 14 heavy (non-hydrogen) atoms. The number of rotatable bonds is 2. The van der Waals surface area contributed by atoms with Crippen molar-refractivity contribution < 1.29 is 5.11 Å². The number of aliphatic hydroxyl groups is 1. The van der Waals surface area contributed by atoms with Gasteiger partial charge in [-0.2, -0.15) is 0 Å². The van der Waals surface area contributed by atoms with Crippen LogP contribution >= 0.6 is 50.2 Å². The fourth-order valence-corrected chi connectivity index (χ4v) is 3.31. The van der Waals surface area contributed by atoms with Gasteiger partial charge in [-0.25, -0.2) is 0 Å². The van der Waals surface area contributed by atoms with Gasteiger partial charge in [-0.05, 0) is 44.4 Å². The predicted octanol–water partition coefficient (Wildman–Crippen LogP) is 4.31. The molecule has 0 aliphatic carbocycles. The van der Waals surface area contributed by atoms with E-state index in [4.69, 9.17) is 11.6 Å². The Morgan fingerprint density at radius 2 is 2.21 bits per heavy atom. The van der Waals surface area contributed by atoms with E-state index < -0.39 is 6.10 Å². The minimum Gasteiger partial charge on any atom is -0.384 e. The summed E-state index contributed by atoms with van der Waals surface area (Å²) in [6.45, 7) is 0. The molecule has 0 spiro atoms. The first kappa shape index (κ1) is 10.6. The van der Waals surface area contributed by atoms with Crippen molar-refractivity contribution >= 4 is 50.2 Å². The number of hydrogen-bond donors (Lipinski definition) is 1. The van der Waals surface area contributed by atoms with Gasteiger partial charge in [0.1, 0.15) is 6.10 Å². The van der Waals surface area contributed by atoms with Gasteiger partial charge >= 0.3 is 0 Å². The Bertz CT molecular complexity index is 437. The molecule has 2 heterocycles. The maximum absolute atomic E-state index is 9.98. The van der Waals surface area contributed by atoms with Gasteiger partial charge in [-0.1, -0.05) is 11.6 Å². The highest BCUT2D eigenvalue weighted by atomic mass is 79.9. The molecule has 0 radical (unpaired) electrons. The fraction of sp³-hybridized carbons (Fsp3) is 0.111. The van der Waals surface area contributed by atoms with Crippen LogP contribution in [0.1, 0.15) is 17.2 Å². The van der Waals surface area contributed by atoms with E-state index in [9.17, 15) is 5.11 Å². The minimum atomic E-state index is -0.615. The number of aliphatic hydroxyl groups excluding tert-OH is 1. The van der Waals surface area contributed by atoms with E-state index in [0.29, 0.717) is 4.34 Å². The monoisotopic (exact) mass is 308 g/mol. The molecule has 0 fully saturated rings. The summed E-state index contributed by atoms with van der Waals surface area (Å²) in [5.74, 6) is 0. The standard InChI is InChI=1S/C9H6BrClOS2/c10-7-3-5(4-14-7)8(12)6-1-2-13-9(6)11/h1-4,8,12H. The van der Waals surface area contributed by atoms with Gasteiger partial charge < -0.3 is 5.11 Å². The van der Waals surface area contributed by atoms with Crippen LogP contribution in [0.25, 0.3) is 0 Å². The molecule has 1 atom stereocenters. The number of thiophene rings is 2. The molecule has 0 saturated carbocycles. The van der Waals surface area contributed by atoms with E-state index in [1.54, 1.807) is 11.3 Å². The summed E-state index contributed by atoms with van der Waals surface area (Å²) in [6, 6.07) is 3.76. The van der Waals surface area contributed by atoms with Crippen LogP contribution in [0.4, 0.5) is 0 Å². The van der Waals surface area contributed by atoms with Crippen LogP contribution in [0.3, 0.4) is 0 Å². The second-order valence-electron chi connectivity index (χ2n) is 2.74. The van der Waals surface area contributed by atoms with E-state index >= 15 is 0 Å². The minimum absolute atomic E-state index is 0.615. The zero-order chi connectivity index (χ0) is 10.1. The Morgan fingerprint density at radius 3 is 2.71 bits per heavy atom. The molecule has 0 saturated heterocycles. The highest BCUT2D eigenvalue weighted by molar-refractivity contribution is 9.11. The van der Waals surface area contributed by atoms with E-state index in [-0.39, 0.29) is 0 Å². The van der Waals surface area contributed by atoms with Crippen molar-refractivity contribution in [2.45, 2.75) is 6.10 Å². The predicted molar refractivity (Wildman–Crippen MR) is 65.4 cm³/mol. The van der Waals surface area contributed by atoms with Crippen LogP contribution < -0.4 is 0 Å². The second kappa shape index (κ2) is 4.33. The number of halogens is 2. The van der Waals surface area contributed by atoms with Crippen LogP contribution in [-0.2, 0) is 0 Å². The molecule has 0 amide bonds. The van der Waals surface area contributed by atoms with Crippen molar-refractivity contribution in [3.05, 3.63) is 42.1 Å². The average molecular weight is 310 g/mol. The van der Waals surface area contributed by atoms with Crippen LogP contribution in [-0.4, -0.2) is 5.11 Å². The molecule has 74 valence electrons. The zero-order valence-corrected chi connectivity index (χ0v) is 10.9. The molecule has 2 rings (SSSR count). The van der Waals surface area contributed by atoms with Gasteiger partial charge in [-0.15, -0.1) is 22.7 Å². The lowest BCUT2D eigenvalue weighted by molar-refractivity contribution is 0.221. The SMILES string of the molecule is OC(c1csc(Br)c1)c1ccsc1Cl. The summed E-state index contributed by atoms with van der Waals surface area (Å²) in [6.07, 6.45) is -0.615. The van der Waals surface area contributed by atoms with Crippen molar-refractivity contribution in [1.29, 1.82) is 0 Å². The molecule has 0 aliphatic rings. The highest BCUT2D eigenvalue weighted by Gasteiger charge is 2.15. The molecular weight excluding hydrogens is 304 g/mol. The summed E-state index contributed by atoms with van der Waals surface area (Å²) in [5, 5.41) is 13.8. The van der Waals surface area contributed by atoms with Crippen LogP contribution in [0, 0.1) is 0 Å². The summed E-state index contributed by atoms with van der Waals surface area (Å²) < 4.78 is 1.66. The topological polar surface area (TPSA) is 20.2 Å². The Hall–Kier alpha value is 0.130. The van der Waals surface area contributed by atoms with Gasteiger partial charge in [-0.3, -0.25) is 0 Å². The quantitative estimate of drug-likeness (QED) is 0.876. The summed E-state index contributed by atoms with van der Waals surface area (Å²) in [4.78, 5) is 0. The molecule has 0 aliphatic heterocycles. The van der Waals surface area contributed by atoms with Crippen molar-refractivity contribution in [2.75, 3.05) is 0 Å². The molecule has 5 heteroatoms. The van der Waals surface area contributed by atoms with Crippen LogP contribution in [0.15, 0.2) is 26.7 Å². The van der Waals surface area contributed by atoms with E-state index in [1.165, 1.54) is 11.3 Å². The third kappa shape index (κ3) is 2.04. The Labute approximate surface area is 103 Å². The molecule has 0 bridgehead atoms. The normalized spacial score (nSPS) is 13.1. The first-order chi connectivity index (χ1) is 6.68. The second-order valence-corrected chi connectivity index (χ2v) is 6.54. The zero-order valence-electron chi connectivity index (χ0n) is 6.91. The molecule has 0 aromatic carbocycles. The van der Waals surface area contributed by atoms with E-state index in [1.807, 2.05) is 22.9 Å². The average Bonchev–Trinajstić information content (AvgIpc) is 2.73. The van der Waals surface area contributed by atoms with Gasteiger partial charge in [0.25, 0.3) is 0 Å². The maximum atomic E-state index is 9.98. The van der Waals surface area contributed by atoms with Gasteiger partial charge in [0.2, 0.25) is 0 Å². The smallest absolute Gasteiger partial charge is 0.107 e. The third-order valence-electron chi connectivity index (χ3n) is 1.84. The first-order valence-corrected chi connectivity index (χ1v) is 6.76. The first-order valence-electron chi connectivity index (χ1n) is 3.83. The molecule has 2 aromatic heterocycles. The Morgan fingerprint density at radius 1 is 1.43 bits per heavy atom. The lowest BCUT2D eigenvalue weighted by Gasteiger charge is -2.06. The van der Waals surface area contributed by atoms with Crippen LogP contribution in [0.2, 0.25) is 4.34 Å². The third-order valence-corrected chi connectivity index (χ3v) is 4.57. The van der Waals surface area contributed by atoms with E-state index in [0.717, 1.165) is 14.9 Å². The van der Waals surface area contributed by atoms with Gasteiger partial charge in [0.15, 0.2) is 0 Å². The maximum Gasteiger partial charge on any atom is 0.107 e. The lowest BCUT2D eigenvalue weighted by atomic mass is 10.1. The summed E-state index contributed by atoms with van der Waals surface area (Å²) >= 11 is 12.3. The highest BCUT2D eigenvalue weighted by Crippen LogP contribution is 2.34. The largest absolute Gasteiger partial charge is 0.384 e. The Kier molecular flexibility index (Phi) is 3.29. The van der Waals surface area contributed by atoms with Gasteiger partial charge in [0, 0.05) is 5.56 Å². The molecule has 1 nitrogen and oxygen atoms in total. The number of hydrogen-bond acceptors (Lipinski definition) is 3. The summed E-state index contributed by atoms with van der Waals surface area (Å²) in [7, 11) is 0. The molecule has 2 aromatic rings. The Balaban J connectivity index is 2.33. The van der Waals surface area contributed by atoms with Crippen molar-refractivity contribution in [3.8, 4) is 0 Å². The molecular formula is C9H6BrClOS2. The fourth-order valence-electron chi connectivity index (χ4n) is 1.15. The van der Waals surface area contributed by atoms with Crippen molar-refractivity contribution in [1.82, 2.24) is 0 Å². The van der Waals surface area contributed by atoms with E-state index in [2.05, 4.69) is 15.9 Å².